The Morgan fingerprint density at radius 3 is 2.61 bits per heavy atom. The summed E-state index contributed by atoms with van der Waals surface area (Å²) < 4.78 is 34.3. The molecule has 0 unspecified atom stereocenters. The molecule has 0 spiro atoms. The van der Waals surface area contributed by atoms with Crippen LogP contribution in [0.1, 0.15) is 5.56 Å². The Labute approximate surface area is 187 Å². The highest BCUT2D eigenvalue weighted by molar-refractivity contribution is 7.93. The van der Waals surface area contributed by atoms with Crippen molar-refractivity contribution in [1.82, 2.24) is 9.97 Å². The maximum atomic E-state index is 12.8. The lowest BCUT2D eigenvalue weighted by molar-refractivity contribution is -0.131. The molecule has 4 rings (SSSR count). The normalized spacial score (nSPS) is 14.9. The highest BCUT2D eigenvalue weighted by Gasteiger charge is 2.21. The second-order valence-electron chi connectivity index (χ2n) is 6.59. The summed E-state index contributed by atoms with van der Waals surface area (Å²) in [7, 11) is -3.85. The maximum absolute atomic E-state index is 12.8. The number of ether oxygens (including phenoxy) is 1. The van der Waals surface area contributed by atoms with Gasteiger partial charge in [-0.2, -0.15) is 4.98 Å². The van der Waals surface area contributed by atoms with E-state index in [1.165, 1.54) is 41.7 Å². The molecule has 1 aliphatic heterocycles. The number of morpholine rings is 1. The predicted octanol–water partition coefficient (Wildman–Crippen LogP) is 3.08. The van der Waals surface area contributed by atoms with Gasteiger partial charge in [0, 0.05) is 25.2 Å². The Kier molecular flexibility index (Phi) is 6.10. The van der Waals surface area contributed by atoms with Gasteiger partial charge in [-0.15, -0.1) is 11.3 Å². The minimum atomic E-state index is -3.85. The Hall–Kier alpha value is -2.73. The SMILES string of the molecule is O=C(O)C=Cc1ccc(S(=O)(=O)Nc2cc3nc(Cl)nc(N4CCOCC4)c3s2)cc1. The molecular weight excluding hydrogens is 464 g/mol. The van der Waals surface area contributed by atoms with Gasteiger partial charge in [-0.25, -0.2) is 18.2 Å². The first-order chi connectivity index (χ1) is 14.8. The zero-order chi connectivity index (χ0) is 22.0. The molecule has 1 aromatic carbocycles. The zero-order valence-electron chi connectivity index (χ0n) is 16.0. The molecular formula is C19H17ClN4O5S2. The molecule has 0 atom stereocenters. The van der Waals surface area contributed by atoms with E-state index in [9.17, 15) is 13.2 Å². The average Bonchev–Trinajstić information content (AvgIpc) is 3.13. The van der Waals surface area contributed by atoms with E-state index in [4.69, 9.17) is 21.4 Å². The van der Waals surface area contributed by atoms with Gasteiger partial charge in [-0.1, -0.05) is 12.1 Å². The minimum Gasteiger partial charge on any atom is -0.478 e. The average molecular weight is 481 g/mol. The van der Waals surface area contributed by atoms with Crippen LogP contribution in [-0.4, -0.2) is 55.8 Å². The van der Waals surface area contributed by atoms with Crippen molar-refractivity contribution in [3.05, 3.63) is 47.3 Å². The summed E-state index contributed by atoms with van der Waals surface area (Å²) >= 11 is 7.31. The summed E-state index contributed by atoms with van der Waals surface area (Å²) in [5, 5.41) is 9.16. The van der Waals surface area contributed by atoms with E-state index < -0.39 is 16.0 Å². The van der Waals surface area contributed by atoms with Gasteiger partial charge in [-0.3, -0.25) is 4.72 Å². The fourth-order valence-electron chi connectivity index (χ4n) is 3.04. The maximum Gasteiger partial charge on any atom is 0.328 e. The van der Waals surface area contributed by atoms with Crippen LogP contribution in [0, 0.1) is 0 Å². The number of sulfonamides is 1. The zero-order valence-corrected chi connectivity index (χ0v) is 18.4. The van der Waals surface area contributed by atoms with E-state index in [-0.39, 0.29) is 10.2 Å². The summed E-state index contributed by atoms with van der Waals surface area (Å²) in [4.78, 5) is 21.3. The third-order valence-corrected chi connectivity index (χ3v) is 7.20. The number of carboxylic acid groups (broad SMARTS) is 1. The minimum absolute atomic E-state index is 0.0509. The number of rotatable bonds is 6. The topological polar surface area (TPSA) is 122 Å². The number of hydrogen-bond acceptors (Lipinski definition) is 8. The van der Waals surface area contributed by atoms with Crippen LogP contribution in [0.2, 0.25) is 5.28 Å². The monoisotopic (exact) mass is 480 g/mol. The van der Waals surface area contributed by atoms with E-state index in [1.807, 2.05) is 4.90 Å². The highest BCUT2D eigenvalue weighted by Crippen LogP contribution is 2.36. The first kappa shape index (κ1) is 21.5. The quantitative estimate of drug-likeness (QED) is 0.407. The third-order valence-electron chi connectivity index (χ3n) is 4.48. The Morgan fingerprint density at radius 2 is 1.94 bits per heavy atom. The van der Waals surface area contributed by atoms with Crippen molar-refractivity contribution in [3.8, 4) is 0 Å². The summed E-state index contributed by atoms with van der Waals surface area (Å²) in [6.45, 7) is 2.46. The molecule has 1 aliphatic rings. The molecule has 0 saturated carbocycles. The molecule has 1 fully saturated rings. The molecule has 1 saturated heterocycles. The first-order valence-electron chi connectivity index (χ1n) is 9.15. The molecule has 3 heterocycles. The van der Waals surface area contributed by atoms with Gasteiger partial charge in [0.1, 0.15) is 5.00 Å². The molecule has 0 bridgehead atoms. The number of carbonyl (C=O) groups is 1. The fraction of sp³-hybridized carbons (Fsp3) is 0.211. The number of nitrogens with one attached hydrogen (secondary N) is 1. The van der Waals surface area contributed by atoms with Crippen molar-refractivity contribution in [2.75, 3.05) is 35.9 Å². The van der Waals surface area contributed by atoms with Crippen molar-refractivity contribution < 1.29 is 23.1 Å². The number of hydrogen-bond donors (Lipinski definition) is 2. The third kappa shape index (κ3) is 4.96. The largest absolute Gasteiger partial charge is 0.478 e. The Balaban J connectivity index is 1.61. The predicted molar refractivity (Wildman–Crippen MR) is 119 cm³/mol. The second-order valence-corrected chi connectivity index (χ2v) is 9.66. The summed E-state index contributed by atoms with van der Waals surface area (Å²) in [6.07, 6.45) is 2.37. The molecule has 2 N–H and O–H groups in total. The molecule has 0 radical (unpaired) electrons. The van der Waals surface area contributed by atoms with Crippen LogP contribution in [0.5, 0.6) is 0 Å². The van der Waals surface area contributed by atoms with Crippen molar-refractivity contribution in [2.24, 2.45) is 0 Å². The molecule has 3 aromatic rings. The fourth-order valence-corrected chi connectivity index (χ4v) is 5.51. The van der Waals surface area contributed by atoms with Gasteiger partial charge in [0.25, 0.3) is 10.0 Å². The number of benzene rings is 1. The summed E-state index contributed by atoms with van der Waals surface area (Å²) in [5.74, 6) is -0.425. The van der Waals surface area contributed by atoms with Crippen LogP contribution in [0.25, 0.3) is 16.3 Å². The van der Waals surface area contributed by atoms with Crippen LogP contribution in [-0.2, 0) is 19.6 Å². The standard InChI is InChI=1S/C19H17ClN4O5S2/c20-19-21-14-11-15(30-17(14)18(22-19)24-7-9-29-10-8-24)23-31(27,28)13-4-1-12(2-5-13)3-6-16(25)26/h1-6,11,23H,7-10H2,(H,25,26). The number of halogens is 1. The number of aliphatic carboxylic acids is 1. The van der Waals surface area contributed by atoms with Crippen molar-refractivity contribution in [2.45, 2.75) is 4.90 Å². The van der Waals surface area contributed by atoms with Crippen molar-refractivity contribution in [3.63, 3.8) is 0 Å². The van der Waals surface area contributed by atoms with Crippen LogP contribution < -0.4 is 9.62 Å². The summed E-state index contributed by atoms with van der Waals surface area (Å²) in [6, 6.07) is 7.50. The number of aromatic nitrogens is 2. The van der Waals surface area contributed by atoms with Gasteiger partial charge in [-0.05, 0) is 35.4 Å². The molecule has 0 aliphatic carbocycles. The van der Waals surface area contributed by atoms with E-state index in [2.05, 4.69) is 14.7 Å². The number of carboxylic acids is 1. The van der Waals surface area contributed by atoms with Crippen LogP contribution in [0.3, 0.4) is 0 Å². The molecule has 31 heavy (non-hydrogen) atoms. The lowest BCUT2D eigenvalue weighted by Crippen LogP contribution is -2.36. The van der Waals surface area contributed by atoms with Gasteiger partial charge >= 0.3 is 5.97 Å². The van der Waals surface area contributed by atoms with Gasteiger partial charge < -0.3 is 14.7 Å². The van der Waals surface area contributed by atoms with E-state index in [0.29, 0.717) is 48.2 Å². The molecule has 2 aromatic heterocycles. The highest BCUT2D eigenvalue weighted by atomic mass is 35.5. The molecule has 162 valence electrons. The number of thiophene rings is 1. The molecule has 9 nitrogen and oxygen atoms in total. The second kappa shape index (κ2) is 8.79. The Morgan fingerprint density at radius 1 is 1.23 bits per heavy atom. The van der Waals surface area contributed by atoms with Crippen LogP contribution in [0.15, 0.2) is 41.3 Å². The van der Waals surface area contributed by atoms with E-state index >= 15 is 0 Å². The van der Waals surface area contributed by atoms with Crippen LogP contribution in [0.4, 0.5) is 10.8 Å². The summed E-state index contributed by atoms with van der Waals surface area (Å²) in [5.41, 5.74) is 1.13. The van der Waals surface area contributed by atoms with Gasteiger partial charge in [0.05, 0.1) is 28.3 Å². The lowest BCUT2D eigenvalue weighted by Gasteiger charge is -2.28. The lowest BCUT2D eigenvalue weighted by atomic mass is 10.2. The number of fused-ring (bicyclic) bond motifs is 1. The van der Waals surface area contributed by atoms with Gasteiger partial charge in [0.15, 0.2) is 5.82 Å². The number of anilines is 2. The Bertz CT molecular complexity index is 1250. The van der Waals surface area contributed by atoms with Crippen LogP contribution >= 0.6 is 22.9 Å². The van der Waals surface area contributed by atoms with E-state index in [1.54, 1.807) is 6.07 Å². The number of nitrogens with zero attached hydrogens (tertiary/aromatic N) is 3. The van der Waals surface area contributed by atoms with E-state index in [0.717, 1.165) is 10.8 Å². The first-order valence-corrected chi connectivity index (χ1v) is 11.8. The van der Waals surface area contributed by atoms with Crippen molar-refractivity contribution >= 4 is 66.0 Å². The molecule has 12 heteroatoms. The van der Waals surface area contributed by atoms with Crippen molar-refractivity contribution in [1.29, 1.82) is 0 Å². The smallest absolute Gasteiger partial charge is 0.328 e. The van der Waals surface area contributed by atoms with Gasteiger partial charge in [0.2, 0.25) is 5.28 Å². The molecule has 0 amide bonds.